The molecule has 0 bridgehead atoms. The van der Waals surface area contributed by atoms with Gasteiger partial charge in [-0.25, -0.2) is 4.79 Å². The van der Waals surface area contributed by atoms with E-state index >= 15 is 0 Å². The van der Waals surface area contributed by atoms with E-state index in [1.165, 1.54) is 17.5 Å². The number of hydrogen-bond donors (Lipinski definition) is 0. The van der Waals surface area contributed by atoms with Crippen molar-refractivity contribution in [3.63, 3.8) is 0 Å². The van der Waals surface area contributed by atoms with Gasteiger partial charge in [0.1, 0.15) is 24.7 Å². The lowest BCUT2D eigenvalue weighted by Crippen LogP contribution is -2.15. The lowest BCUT2D eigenvalue weighted by molar-refractivity contribution is -0.140. The SMILES string of the molecule is C=C(C)C(=O)OCCOCCOc1c2c(c(OCC)c3ccccc13)CCCC2. The molecule has 1 aliphatic carbocycles. The quantitative estimate of drug-likeness (QED) is 0.332. The summed E-state index contributed by atoms with van der Waals surface area (Å²) in [6, 6.07) is 8.28. The van der Waals surface area contributed by atoms with Crippen LogP contribution in [0.25, 0.3) is 10.8 Å². The van der Waals surface area contributed by atoms with E-state index < -0.39 is 5.97 Å². The number of carbonyl (C=O) groups excluding carboxylic acids is 1. The molecule has 3 rings (SSSR count). The molecule has 5 nitrogen and oxygen atoms in total. The van der Waals surface area contributed by atoms with Gasteiger partial charge in [0.15, 0.2) is 0 Å². The van der Waals surface area contributed by atoms with Crippen LogP contribution < -0.4 is 9.47 Å². The van der Waals surface area contributed by atoms with Crippen molar-refractivity contribution < 1.29 is 23.7 Å². The van der Waals surface area contributed by atoms with Gasteiger partial charge < -0.3 is 18.9 Å². The zero-order valence-electron chi connectivity index (χ0n) is 17.4. The fourth-order valence-corrected chi connectivity index (χ4v) is 3.71. The Kier molecular flexibility index (Phi) is 7.53. The summed E-state index contributed by atoms with van der Waals surface area (Å²) in [5.41, 5.74) is 2.95. The van der Waals surface area contributed by atoms with Crippen molar-refractivity contribution >= 4 is 16.7 Å². The molecule has 5 heteroatoms. The third-order valence-corrected chi connectivity index (χ3v) is 5.00. The largest absolute Gasteiger partial charge is 0.493 e. The van der Waals surface area contributed by atoms with Crippen molar-refractivity contribution in [3.8, 4) is 11.5 Å². The molecule has 0 aliphatic heterocycles. The molecule has 2 aromatic carbocycles. The molecule has 1 aliphatic rings. The number of hydrogen-bond acceptors (Lipinski definition) is 5. The van der Waals surface area contributed by atoms with E-state index in [2.05, 4.69) is 18.7 Å². The highest BCUT2D eigenvalue weighted by Gasteiger charge is 2.23. The number of esters is 1. The molecule has 0 unspecified atom stereocenters. The lowest BCUT2D eigenvalue weighted by atomic mass is 9.87. The summed E-state index contributed by atoms with van der Waals surface area (Å²) in [4.78, 5) is 11.3. The van der Waals surface area contributed by atoms with E-state index in [0.717, 1.165) is 41.5 Å². The summed E-state index contributed by atoms with van der Waals surface area (Å²) in [7, 11) is 0. The second-order valence-electron chi connectivity index (χ2n) is 7.18. The van der Waals surface area contributed by atoms with Crippen molar-refractivity contribution in [2.75, 3.05) is 33.0 Å². The first-order chi connectivity index (χ1) is 14.1. The van der Waals surface area contributed by atoms with Crippen molar-refractivity contribution in [1.29, 1.82) is 0 Å². The fourth-order valence-electron chi connectivity index (χ4n) is 3.71. The standard InChI is InChI=1S/C24H30O5/c1-4-27-22-18-9-5-7-11-20(18)23(21-12-8-6-10-19(21)22)28-15-13-26-14-16-29-24(25)17(2)3/h5,7,9,11H,2,4,6,8,10,12-16H2,1,3H3. The Labute approximate surface area is 172 Å². The van der Waals surface area contributed by atoms with E-state index in [0.29, 0.717) is 32.0 Å². The van der Waals surface area contributed by atoms with Gasteiger partial charge in [-0.05, 0) is 39.5 Å². The van der Waals surface area contributed by atoms with Crippen LogP contribution in [-0.4, -0.2) is 39.0 Å². The molecule has 0 fully saturated rings. The van der Waals surface area contributed by atoms with E-state index in [4.69, 9.17) is 18.9 Å². The van der Waals surface area contributed by atoms with E-state index in [1.54, 1.807) is 6.92 Å². The maximum atomic E-state index is 11.3. The zero-order valence-corrected chi connectivity index (χ0v) is 17.4. The Balaban J connectivity index is 1.67. The molecule has 0 spiro atoms. The molecular formula is C24H30O5. The predicted molar refractivity (Wildman–Crippen MR) is 114 cm³/mol. The van der Waals surface area contributed by atoms with Gasteiger partial charge in [0.2, 0.25) is 0 Å². The number of benzene rings is 2. The number of ether oxygens (including phenoxy) is 4. The van der Waals surface area contributed by atoms with Gasteiger partial charge in [0.05, 0.1) is 19.8 Å². The Morgan fingerprint density at radius 3 is 2.10 bits per heavy atom. The average Bonchev–Trinajstić information content (AvgIpc) is 2.74. The van der Waals surface area contributed by atoms with Gasteiger partial charge in [0.25, 0.3) is 0 Å². The highest BCUT2D eigenvalue weighted by molar-refractivity contribution is 5.96. The summed E-state index contributed by atoms with van der Waals surface area (Å²) >= 11 is 0. The predicted octanol–water partition coefficient (Wildman–Crippen LogP) is 4.63. The van der Waals surface area contributed by atoms with Gasteiger partial charge in [-0.3, -0.25) is 0 Å². The van der Waals surface area contributed by atoms with E-state index in [-0.39, 0.29) is 6.61 Å². The summed E-state index contributed by atoms with van der Waals surface area (Å²) in [6.07, 6.45) is 4.37. The maximum Gasteiger partial charge on any atom is 0.333 e. The molecule has 0 atom stereocenters. The summed E-state index contributed by atoms with van der Waals surface area (Å²) in [5.74, 6) is 1.58. The topological polar surface area (TPSA) is 54.0 Å². The minimum absolute atomic E-state index is 0.215. The fraction of sp³-hybridized carbons (Fsp3) is 0.458. The van der Waals surface area contributed by atoms with E-state index in [9.17, 15) is 4.79 Å². The smallest absolute Gasteiger partial charge is 0.333 e. The van der Waals surface area contributed by atoms with Crippen LogP contribution in [0, 0.1) is 0 Å². The van der Waals surface area contributed by atoms with Gasteiger partial charge in [0, 0.05) is 27.5 Å². The third-order valence-electron chi connectivity index (χ3n) is 5.00. The van der Waals surface area contributed by atoms with Crippen LogP contribution in [0.2, 0.25) is 0 Å². The number of carbonyl (C=O) groups is 1. The molecule has 0 aromatic heterocycles. The molecule has 0 saturated carbocycles. The van der Waals surface area contributed by atoms with Crippen molar-refractivity contribution in [2.24, 2.45) is 0 Å². The van der Waals surface area contributed by atoms with Crippen LogP contribution in [0.5, 0.6) is 11.5 Å². The first-order valence-corrected chi connectivity index (χ1v) is 10.4. The van der Waals surface area contributed by atoms with Crippen LogP contribution in [0.4, 0.5) is 0 Å². The Bertz CT molecular complexity index is 871. The molecule has 0 heterocycles. The summed E-state index contributed by atoms with van der Waals surface area (Å²) in [5, 5.41) is 2.20. The third kappa shape index (κ3) is 5.10. The van der Waals surface area contributed by atoms with Crippen molar-refractivity contribution in [2.45, 2.75) is 39.5 Å². The minimum Gasteiger partial charge on any atom is -0.493 e. The lowest BCUT2D eigenvalue weighted by Gasteiger charge is -2.25. The molecule has 0 radical (unpaired) electrons. The van der Waals surface area contributed by atoms with Gasteiger partial charge >= 0.3 is 5.97 Å². The minimum atomic E-state index is -0.391. The highest BCUT2D eigenvalue weighted by atomic mass is 16.6. The Morgan fingerprint density at radius 1 is 0.931 bits per heavy atom. The Hall–Kier alpha value is -2.53. The van der Waals surface area contributed by atoms with Gasteiger partial charge in [-0.2, -0.15) is 0 Å². The molecule has 0 saturated heterocycles. The molecule has 0 amide bonds. The van der Waals surface area contributed by atoms with Gasteiger partial charge in [-0.1, -0.05) is 30.8 Å². The van der Waals surface area contributed by atoms with Crippen LogP contribution in [0.3, 0.4) is 0 Å². The highest BCUT2D eigenvalue weighted by Crippen LogP contribution is 2.44. The Morgan fingerprint density at radius 2 is 1.52 bits per heavy atom. The van der Waals surface area contributed by atoms with Crippen molar-refractivity contribution in [3.05, 3.63) is 47.5 Å². The van der Waals surface area contributed by atoms with Crippen LogP contribution in [0.15, 0.2) is 36.4 Å². The monoisotopic (exact) mass is 398 g/mol. The second-order valence-corrected chi connectivity index (χ2v) is 7.18. The van der Waals surface area contributed by atoms with E-state index in [1.807, 2.05) is 19.1 Å². The summed E-state index contributed by atoms with van der Waals surface area (Å²) < 4.78 is 22.8. The van der Waals surface area contributed by atoms with Crippen molar-refractivity contribution in [1.82, 2.24) is 0 Å². The van der Waals surface area contributed by atoms with Crippen LogP contribution >= 0.6 is 0 Å². The molecule has 2 aromatic rings. The second kappa shape index (κ2) is 10.3. The first kappa shape index (κ1) is 21.2. The van der Waals surface area contributed by atoms with Gasteiger partial charge in [-0.15, -0.1) is 0 Å². The number of fused-ring (bicyclic) bond motifs is 2. The molecular weight excluding hydrogens is 368 g/mol. The first-order valence-electron chi connectivity index (χ1n) is 10.4. The maximum absolute atomic E-state index is 11.3. The zero-order chi connectivity index (χ0) is 20.6. The normalized spacial score (nSPS) is 13.0. The molecule has 29 heavy (non-hydrogen) atoms. The molecule has 0 N–H and O–H groups in total. The average molecular weight is 398 g/mol. The van der Waals surface area contributed by atoms with Crippen LogP contribution in [0.1, 0.15) is 37.8 Å². The number of rotatable bonds is 10. The van der Waals surface area contributed by atoms with Crippen LogP contribution in [-0.2, 0) is 27.1 Å². The molecule has 156 valence electrons. The summed E-state index contributed by atoms with van der Waals surface area (Å²) in [6.45, 7) is 9.28.